The van der Waals surface area contributed by atoms with E-state index in [0.717, 1.165) is 0 Å². The molecule has 1 N–H and O–H groups in total. The van der Waals surface area contributed by atoms with Crippen LogP contribution in [-0.4, -0.2) is 6.04 Å². The van der Waals surface area contributed by atoms with Gasteiger partial charge in [0, 0.05) is 16.2 Å². The molecule has 0 unspecified atom stereocenters. The summed E-state index contributed by atoms with van der Waals surface area (Å²) >= 11 is 3.55. The summed E-state index contributed by atoms with van der Waals surface area (Å²) in [4.78, 5) is 0. The molecule has 1 aliphatic rings. The second-order valence-corrected chi connectivity index (χ2v) is 6.30. The maximum atomic E-state index is 3.65. The van der Waals surface area contributed by atoms with Crippen LogP contribution in [0.15, 0.2) is 53.0 Å². The van der Waals surface area contributed by atoms with Gasteiger partial charge in [-0.1, -0.05) is 46.3 Å². The summed E-state index contributed by atoms with van der Waals surface area (Å²) in [5.74, 6) is 0.707. The molecule has 2 aromatic rings. The average Bonchev–Trinajstić information content (AvgIpc) is 2.35. The van der Waals surface area contributed by atoms with E-state index in [4.69, 9.17) is 0 Å². The molecule has 3 rings (SSSR count). The van der Waals surface area contributed by atoms with Crippen molar-refractivity contribution in [2.45, 2.75) is 31.7 Å². The number of hydrogen-bond donors (Lipinski definition) is 1. The fourth-order valence-corrected chi connectivity index (χ4v) is 3.14. The lowest BCUT2D eigenvalue weighted by atomic mass is 9.76. The van der Waals surface area contributed by atoms with Gasteiger partial charge >= 0.3 is 0 Å². The van der Waals surface area contributed by atoms with Gasteiger partial charge in [-0.15, -0.1) is 0 Å². The van der Waals surface area contributed by atoms with E-state index >= 15 is 0 Å². The molecule has 2 heteroatoms. The van der Waals surface area contributed by atoms with Gasteiger partial charge in [-0.2, -0.15) is 0 Å². The van der Waals surface area contributed by atoms with Crippen molar-refractivity contribution in [3.8, 4) is 0 Å². The summed E-state index contributed by atoms with van der Waals surface area (Å²) in [5.41, 5.74) is 4.06. The third-order valence-corrected chi connectivity index (χ3v) is 4.46. The third kappa shape index (κ3) is 2.84. The van der Waals surface area contributed by atoms with Gasteiger partial charge < -0.3 is 5.32 Å². The highest BCUT2D eigenvalue weighted by molar-refractivity contribution is 9.10. The van der Waals surface area contributed by atoms with Crippen molar-refractivity contribution < 1.29 is 0 Å². The molecule has 0 spiro atoms. The van der Waals surface area contributed by atoms with Crippen molar-refractivity contribution in [2.24, 2.45) is 0 Å². The minimum Gasteiger partial charge on any atom is -0.382 e. The Morgan fingerprint density at radius 3 is 2.58 bits per heavy atom. The Morgan fingerprint density at radius 1 is 1.05 bits per heavy atom. The molecule has 0 aliphatic heterocycles. The fourth-order valence-electron chi connectivity index (χ4n) is 2.72. The van der Waals surface area contributed by atoms with Crippen molar-refractivity contribution in [3.05, 3.63) is 64.1 Å². The van der Waals surface area contributed by atoms with Crippen LogP contribution in [0.5, 0.6) is 0 Å². The Bertz CT molecular complexity index is 573. The van der Waals surface area contributed by atoms with Crippen molar-refractivity contribution in [1.29, 1.82) is 0 Å². The zero-order valence-corrected chi connectivity index (χ0v) is 12.7. The standard InChI is InChI=1S/C17H18BrN/c1-12-5-2-3-8-17(12)19-16-10-14(11-16)13-6-4-7-15(18)9-13/h2-9,14,16,19H,10-11H2,1H3. The highest BCUT2D eigenvalue weighted by Gasteiger charge is 2.30. The van der Waals surface area contributed by atoms with Crippen molar-refractivity contribution in [1.82, 2.24) is 0 Å². The van der Waals surface area contributed by atoms with E-state index in [1.165, 1.54) is 34.1 Å². The molecule has 0 heterocycles. The van der Waals surface area contributed by atoms with Crippen LogP contribution in [0, 0.1) is 6.92 Å². The molecule has 2 aromatic carbocycles. The minimum atomic E-state index is 0.616. The molecule has 0 atom stereocenters. The maximum absolute atomic E-state index is 3.65. The molecule has 0 bridgehead atoms. The van der Waals surface area contributed by atoms with Gasteiger partial charge in [0.1, 0.15) is 0 Å². The highest BCUT2D eigenvalue weighted by Crippen LogP contribution is 2.39. The first-order valence-electron chi connectivity index (χ1n) is 6.80. The molecule has 1 aliphatic carbocycles. The third-order valence-electron chi connectivity index (χ3n) is 3.96. The SMILES string of the molecule is Cc1ccccc1NC1CC(c2cccc(Br)c2)C1. The van der Waals surface area contributed by atoms with E-state index in [0.29, 0.717) is 12.0 Å². The lowest BCUT2D eigenvalue weighted by Crippen LogP contribution is -2.34. The first-order chi connectivity index (χ1) is 9.22. The zero-order chi connectivity index (χ0) is 13.2. The van der Waals surface area contributed by atoms with E-state index in [-0.39, 0.29) is 0 Å². The summed E-state index contributed by atoms with van der Waals surface area (Å²) in [6.45, 7) is 2.16. The van der Waals surface area contributed by atoms with E-state index in [9.17, 15) is 0 Å². The van der Waals surface area contributed by atoms with Crippen LogP contribution < -0.4 is 5.32 Å². The monoisotopic (exact) mass is 315 g/mol. The number of anilines is 1. The van der Waals surface area contributed by atoms with Crippen LogP contribution in [0.2, 0.25) is 0 Å². The Hall–Kier alpha value is -1.28. The van der Waals surface area contributed by atoms with Crippen molar-refractivity contribution >= 4 is 21.6 Å². The summed E-state index contributed by atoms with van der Waals surface area (Å²) in [6.07, 6.45) is 2.45. The first-order valence-corrected chi connectivity index (χ1v) is 7.59. The van der Waals surface area contributed by atoms with Crippen molar-refractivity contribution in [3.63, 3.8) is 0 Å². The summed E-state index contributed by atoms with van der Waals surface area (Å²) in [5, 5.41) is 3.65. The average molecular weight is 316 g/mol. The van der Waals surface area contributed by atoms with Gasteiger partial charge in [0.25, 0.3) is 0 Å². The Kier molecular flexibility index (Phi) is 3.61. The molecule has 0 aromatic heterocycles. The van der Waals surface area contributed by atoms with Gasteiger partial charge in [0.15, 0.2) is 0 Å². The molecular weight excluding hydrogens is 298 g/mol. The van der Waals surface area contributed by atoms with Crippen LogP contribution in [0.1, 0.15) is 29.9 Å². The minimum absolute atomic E-state index is 0.616. The lowest BCUT2D eigenvalue weighted by molar-refractivity contribution is 0.374. The number of benzene rings is 2. The largest absolute Gasteiger partial charge is 0.382 e. The predicted molar refractivity (Wildman–Crippen MR) is 84.7 cm³/mol. The first kappa shape index (κ1) is 12.7. The smallest absolute Gasteiger partial charge is 0.0372 e. The summed E-state index contributed by atoms with van der Waals surface area (Å²) in [6, 6.07) is 17.8. The second-order valence-electron chi connectivity index (χ2n) is 5.38. The van der Waals surface area contributed by atoms with E-state index in [1.807, 2.05) is 0 Å². The molecule has 0 saturated heterocycles. The number of nitrogens with one attached hydrogen (secondary N) is 1. The second kappa shape index (κ2) is 5.38. The molecule has 0 amide bonds. The summed E-state index contributed by atoms with van der Waals surface area (Å²) in [7, 11) is 0. The van der Waals surface area contributed by atoms with Gasteiger partial charge in [-0.3, -0.25) is 0 Å². The van der Waals surface area contributed by atoms with Crippen molar-refractivity contribution in [2.75, 3.05) is 5.32 Å². The Balaban J connectivity index is 1.60. The number of rotatable bonds is 3. The fraction of sp³-hybridized carbons (Fsp3) is 0.294. The van der Waals surface area contributed by atoms with Gasteiger partial charge in [-0.25, -0.2) is 0 Å². The molecule has 1 saturated carbocycles. The Morgan fingerprint density at radius 2 is 1.84 bits per heavy atom. The van der Waals surface area contributed by atoms with Gasteiger partial charge in [0.05, 0.1) is 0 Å². The number of para-hydroxylation sites is 1. The topological polar surface area (TPSA) is 12.0 Å². The zero-order valence-electron chi connectivity index (χ0n) is 11.1. The van der Waals surface area contributed by atoms with Gasteiger partial charge in [0.2, 0.25) is 0 Å². The molecule has 1 fully saturated rings. The van der Waals surface area contributed by atoms with E-state index in [1.54, 1.807) is 0 Å². The normalized spacial score (nSPS) is 21.8. The van der Waals surface area contributed by atoms with Gasteiger partial charge in [-0.05, 0) is 55.0 Å². The summed E-state index contributed by atoms with van der Waals surface area (Å²) < 4.78 is 1.18. The van der Waals surface area contributed by atoms with E-state index in [2.05, 4.69) is 76.7 Å². The van der Waals surface area contributed by atoms with Crippen LogP contribution >= 0.6 is 15.9 Å². The van der Waals surface area contributed by atoms with Crippen LogP contribution in [0.4, 0.5) is 5.69 Å². The highest BCUT2D eigenvalue weighted by atomic mass is 79.9. The van der Waals surface area contributed by atoms with Crippen LogP contribution in [-0.2, 0) is 0 Å². The quantitative estimate of drug-likeness (QED) is 0.829. The van der Waals surface area contributed by atoms with Crippen LogP contribution in [0.3, 0.4) is 0 Å². The molecule has 0 radical (unpaired) electrons. The maximum Gasteiger partial charge on any atom is 0.0372 e. The molecule has 1 nitrogen and oxygen atoms in total. The predicted octanol–water partition coefficient (Wildman–Crippen LogP) is 5.12. The number of hydrogen-bond acceptors (Lipinski definition) is 1. The number of aryl methyl sites for hydroxylation is 1. The molecular formula is C17H18BrN. The Labute approximate surface area is 123 Å². The van der Waals surface area contributed by atoms with Crippen LogP contribution in [0.25, 0.3) is 0 Å². The van der Waals surface area contributed by atoms with E-state index < -0.39 is 0 Å². The molecule has 19 heavy (non-hydrogen) atoms. The lowest BCUT2D eigenvalue weighted by Gasteiger charge is -2.37. The molecule has 98 valence electrons. The number of halogens is 1.